The summed E-state index contributed by atoms with van der Waals surface area (Å²) in [6.07, 6.45) is 0. The molecule has 0 aromatic heterocycles. The molecule has 0 unspecified atom stereocenters. The zero-order valence-corrected chi connectivity index (χ0v) is 18.9. The second-order valence-corrected chi connectivity index (χ2v) is 8.77. The van der Waals surface area contributed by atoms with Crippen molar-refractivity contribution in [1.29, 1.82) is 0 Å². The van der Waals surface area contributed by atoms with Gasteiger partial charge in [-0.2, -0.15) is 0 Å². The van der Waals surface area contributed by atoms with E-state index in [1.807, 2.05) is 12.1 Å². The number of anilines is 1. The molecule has 0 atom stereocenters. The van der Waals surface area contributed by atoms with Crippen molar-refractivity contribution in [3.8, 4) is 28.0 Å². The van der Waals surface area contributed by atoms with Crippen molar-refractivity contribution in [2.75, 3.05) is 18.0 Å². The third kappa shape index (κ3) is 4.74. The van der Waals surface area contributed by atoms with Gasteiger partial charge in [-0.3, -0.25) is 0 Å². The van der Waals surface area contributed by atoms with Crippen LogP contribution in [0.5, 0.6) is 5.75 Å². The van der Waals surface area contributed by atoms with Gasteiger partial charge in [-0.15, -0.1) is 0 Å². The molecule has 3 aromatic carbocycles. The number of phenols is 1. The van der Waals surface area contributed by atoms with Gasteiger partial charge in [0.1, 0.15) is 5.75 Å². The minimum Gasteiger partial charge on any atom is -0.507 e. The fourth-order valence-electron chi connectivity index (χ4n) is 3.90. The van der Waals surface area contributed by atoms with E-state index in [0.29, 0.717) is 0 Å². The SMILES string of the molecule is CCN(CC)c1ccc(-c2cc(-c3ccc(C(=O)O)cc3)ccc2O)cc1C(C)(C)C. The molecule has 0 aliphatic carbocycles. The molecule has 0 aliphatic heterocycles. The Labute approximate surface area is 184 Å². The highest BCUT2D eigenvalue weighted by molar-refractivity contribution is 5.88. The van der Waals surface area contributed by atoms with Gasteiger partial charge >= 0.3 is 5.97 Å². The largest absolute Gasteiger partial charge is 0.507 e. The number of carboxylic acids is 1. The molecule has 3 rings (SSSR count). The van der Waals surface area contributed by atoms with Crippen molar-refractivity contribution < 1.29 is 15.0 Å². The number of nitrogens with zero attached hydrogens (tertiary/aromatic N) is 1. The maximum atomic E-state index is 11.1. The van der Waals surface area contributed by atoms with Crippen molar-refractivity contribution in [2.24, 2.45) is 0 Å². The van der Waals surface area contributed by atoms with Crippen LogP contribution < -0.4 is 4.90 Å². The second-order valence-electron chi connectivity index (χ2n) is 8.77. The molecule has 0 amide bonds. The highest BCUT2D eigenvalue weighted by Gasteiger charge is 2.22. The quantitative estimate of drug-likeness (QED) is 0.476. The van der Waals surface area contributed by atoms with Gasteiger partial charge in [-0.1, -0.05) is 45.0 Å². The fraction of sp³-hybridized carbons (Fsp3) is 0.296. The molecule has 0 heterocycles. The minimum absolute atomic E-state index is 0.0478. The van der Waals surface area contributed by atoms with Crippen LogP contribution in [0.4, 0.5) is 5.69 Å². The van der Waals surface area contributed by atoms with E-state index in [2.05, 4.69) is 57.7 Å². The Balaban J connectivity index is 2.10. The highest BCUT2D eigenvalue weighted by atomic mass is 16.4. The molecule has 0 saturated heterocycles. The summed E-state index contributed by atoms with van der Waals surface area (Å²) in [6, 6.07) is 18.7. The van der Waals surface area contributed by atoms with Crippen molar-refractivity contribution in [1.82, 2.24) is 0 Å². The first-order chi connectivity index (χ1) is 14.7. The monoisotopic (exact) mass is 417 g/mol. The van der Waals surface area contributed by atoms with Crippen molar-refractivity contribution in [3.63, 3.8) is 0 Å². The first-order valence-electron chi connectivity index (χ1n) is 10.7. The predicted molar refractivity (Wildman–Crippen MR) is 128 cm³/mol. The van der Waals surface area contributed by atoms with Crippen LogP contribution in [0.3, 0.4) is 0 Å². The molecule has 3 aromatic rings. The summed E-state index contributed by atoms with van der Waals surface area (Å²) < 4.78 is 0. The molecule has 162 valence electrons. The number of phenolic OH excluding ortho intramolecular Hbond substituents is 1. The average Bonchev–Trinajstić information content (AvgIpc) is 2.74. The summed E-state index contributed by atoms with van der Waals surface area (Å²) in [7, 11) is 0. The lowest BCUT2D eigenvalue weighted by Crippen LogP contribution is -2.26. The molecule has 31 heavy (non-hydrogen) atoms. The molecule has 0 spiro atoms. The molecular weight excluding hydrogens is 386 g/mol. The predicted octanol–water partition coefficient (Wildman–Crippen LogP) is 6.57. The van der Waals surface area contributed by atoms with Crippen LogP contribution in [0.25, 0.3) is 22.3 Å². The number of hydrogen-bond donors (Lipinski definition) is 2. The molecule has 2 N–H and O–H groups in total. The van der Waals surface area contributed by atoms with Gasteiger partial charge in [-0.25, -0.2) is 4.79 Å². The van der Waals surface area contributed by atoms with Crippen LogP contribution >= 0.6 is 0 Å². The summed E-state index contributed by atoms with van der Waals surface area (Å²) in [5.74, 6) is -0.720. The summed E-state index contributed by atoms with van der Waals surface area (Å²) in [4.78, 5) is 13.5. The molecule has 0 saturated carbocycles. The molecule has 0 radical (unpaired) electrons. The Bertz CT molecular complexity index is 1070. The molecular formula is C27H31NO3. The first kappa shape index (κ1) is 22.4. The molecule has 0 bridgehead atoms. The van der Waals surface area contributed by atoms with Crippen LogP contribution in [0.1, 0.15) is 50.5 Å². The zero-order valence-electron chi connectivity index (χ0n) is 18.9. The lowest BCUT2D eigenvalue weighted by atomic mass is 9.83. The zero-order chi connectivity index (χ0) is 22.8. The Morgan fingerprint density at radius 3 is 1.97 bits per heavy atom. The molecule has 0 fully saturated rings. The lowest BCUT2D eigenvalue weighted by Gasteiger charge is -2.30. The van der Waals surface area contributed by atoms with Crippen molar-refractivity contribution >= 4 is 11.7 Å². The number of hydrogen-bond acceptors (Lipinski definition) is 3. The Morgan fingerprint density at radius 1 is 0.839 bits per heavy atom. The second kappa shape index (κ2) is 8.84. The van der Waals surface area contributed by atoms with Gasteiger partial charge in [-0.05, 0) is 77.9 Å². The number of carbonyl (C=O) groups is 1. The highest BCUT2D eigenvalue weighted by Crippen LogP contribution is 2.39. The maximum Gasteiger partial charge on any atom is 0.335 e. The van der Waals surface area contributed by atoms with E-state index in [9.17, 15) is 9.90 Å². The van der Waals surface area contributed by atoms with E-state index in [1.54, 1.807) is 30.3 Å². The van der Waals surface area contributed by atoms with E-state index in [4.69, 9.17) is 5.11 Å². The summed E-state index contributed by atoms with van der Waals surface area (Å²) in [6.45, 7) is 12.8. The maximum absolute atomic E-state index is 11.1. The fourth-order valence-corrected chi connectivity index (χ4v) is 3.90. The molecule has 4 heteroatoms. The van der Waals surface area contributed by atoms with E-state index >= 15 is 0 Å². The van der Waals surface area contributed by atoms with E-state index < -0.39 is 5.97 Å². The van der Waals surface area contributed by atoms with Gasteiger partial charge in [0, 0.05) is 24.3 Å². The van der Waals surface area contributed by atoms with Crippen LogP contribution in [0.15, 0.2) is 60.7 Å². The number of carboxylic acid groups (broad SMARTS) is 1. The number of aromatic carboxylic acids is 1. The van der Waals surface area contributed by atoms with Gasteiger partial charge in [0.2, 0.25) is 0 Å². The topological polar surface area (TPSA) is 60.8 Å². The van der Waals surface area contributed by atoms with Crippen molar-refractivity contribution in [2.45, 2.75) is 40.0 Å². The van der Waals surface area contributed by atoms with Gasteiger partial charge < -0.3 is 15.1 Å². The number of benzene rings is 3. The van der Waals surface area contributed by atoms with Crippen LogP contribution in [0.2, 0.25) is 0 Å². The molecule has 0 aliphatic rings. The van der Waals surface area contributed by atoms with Gasteiger partial charge in [0.15, 0.2) is 0 Å². The standard InChI is InChI=1S/C27H31NO3/c1-6-28(7-2)24-14-12-21(17-23(24)27(3,4)5)22-16-20(13-15-25(22)29)18-8-10-19(11-9-18)26(30)31/h8-17,29H,6-7H2,1-5H3,(H,30,31). The van der Waals surface area contributed by atoms with E-state index in [1.165, 1.54) is 11.3 Å². The summed E-state index contributed by atoms with van der Waals surface area (Å²) in [5.41, 5.74) is 6.22. The van der Waals surface area contributed by atoms with Crippen LogP contribution in [-0.2, 0) is 5.41 Å². The Kier molecular flexibility index (Phi) is 6.40. The Morgan fingerprint density at radius 2 is 1.42 bits per heavy atom. The summed E-state index contributed by atoms with van der Waals surface area (Å²) >= 11 is 0. The molecule has 4 nitrogen and oxygen atoms in total. The van der Waals surface area contributed by atoms with E-state index in [-0.39, 0.29) is 16.7 Å². The third-order valence-electron chi connectivity index (χ3n) is 5.68. The van der Waals surface area contributed by atoms with Crippen molar-refractivity contribution in [3.05, 3.63) is 71.8 Å². The average molecular weight is 418 g/mol. The first-order valence-corrected chi connectivity index (χ1v) is 10.7. The van der Waals surface area contributed by atoms with Gasteiger partial charge in [0.25, 0.3) is 0 Å². The normalized spacial score (nSPS) is 11.4. The number of rotatable bonds is 6. The van der Waals surface area contributed by atoms with Gasteiger partial charge in [0.05, 0.1) is 5.56 Å². The van der Waals surface area contributed by atoms with E-state index in [0.717, 1.165) is 35.3 Å². The third-order valence-corrected chi connectivity index (χ3v) is 5.68. The Hall–Kier alpha value is -3.27. The minimum atomic E-state index is -0.944. The lowest BCUT2D eigenvalue weighted by molar-refractivity contribution is 0.0697. The van der Waals surface area contributed by atoms with Crippen LogP contribution in [0, 0.1) is 0 Å². The number of aromatic hydroxyl groups is 1. The summed E-state index contributed by atoms with van der Waals surface area (Å²) in [5, 5.41) is 19.8. The smallest absolute Gasteiger partial charge is 0.335 e. The van der Waals surface area contributed by atoms with Crippen LogP contribution in [-0.4, -0.2) is 29.3 Å².